The largest absolute Gasteiger partial charge is 0.355 e. The number of hydrogen-bond acceptors (Lipinski definition) is 6. The van der Waals surface area contributed by atoms with Crippen molar-refractivity contribution in [1.82, 2.24) is 15.5 Å². The molecule has 1 amide bonds. The molecule has 0 unspecified atom stereocenters. The molecule has 1 fully saturated rings. The van der Waals surface area contributed by atoms with E-state index in [-0.39, 0.29) is 11.4 Å². The summed E-state index contributed by atoms with van der Waals surface area (Å²) in [7, 11) is 0. The lowest BCUT2D eigenvalue weighted by molar-refractivity contribution is -0.119. The Morgan fingerprint density at radius 1 is 1.17 bits per heavy atom. The van der Waals surface area contributed by atoms with Gasteiger partial charge in [0.15, 0.2) is 4.34 Å². The fourth-order valence-electron chi connectivity index (χ4n) is 2.64. The Hall–Kier alpha value is -0.820. The van der Waals surface area contributed by atoms with Crippen molar-refractivity contribution in [2.75, 3.05) is 11.1 Å². The minimum atomic E-state index is -0.0307. The van der Waals surface area contributed by atoms with Gasteiger partial charge in [0.2, 0.25) is 11.0 Å². The van der Waals surface area contributed by atoms with Crippen LogP contribution in [0.3, 0.4) is 0 Å². The molecule has 1 aromatic heterocycles. The third-order valence-electron chi connectivity index (χ3n) is 3.69. The Morgan fingerprint density at radius 2 is 1.83 bits per heavy atom. The lowest BCUT2D eigenvalue weighted by Crippen LogP contribution is -2.36. The fraction of sp³-hybridized carbons (Fsp3) is 0.812. The predicted molar refractivity (Wildman–Crippen MR) is 98.3 cm³/mol. The van der Waals surface area contributed by atoms with E-state index in [0.717, 1.165) is 22.3 Å². The van der Waals surface area contributed by atoms with Crippen molar-refractivity contribution in [2.45, 2.75) is 81.6 Å². The molecule has 130 valence electrons. The number of aromatic nitrogens is 2. The molecule has 0 radical (unpaired) electrons. The normalized spacial score (nSPS) is 17.3. The van der Waals surface area contributed by atoms with Crippen LogP contribution in [0.15, 0.2) is 4.34 Å². The van der Waals surface area contributed by atoms with Gasteiger partial charge in [-0.15, -0.1) is 10.2 Å². The first-order chi connectivity index (χ1) is 10.9. The van der Waals surface area contributed by atoms with Gasteiger partial charge < -0.3 is 10.6 Å². The van der Waals surface area contributed by atoms with Crippen molar-refractivity contribution in [3.63, 3.8) is 0 Å². The molecule has 0 saturated heterocycles. The molecule has 0 atom stereocenters. The van der Waals surface area contributed by atoms with E-state index in [1.54, 1.807) is 0 Å². The van der Waals surface area contributed by atoms with Crippen LogP contribution < -0.4 is 10.6 Å². The van der Waals surface area contributed by atoms with Crippen molar-refractivity contribution in [3.05, 3.63) is 0 Å². The van der Waals surface area contributed by atoms with Gasteiger partial charge in [-0.2, -0.15) is 0 Å². The van der Waals surface area contributed by atoms with E-state index in [1.165, 1.54) is 55.2 Å². The summed E-state index contributed by atoms with van der Waals surface area (Å²) >= 11 is 2.97. The Labute approximate surface area is 147 Å². The molecule has 23 heavy (non-hydrogen) atoms. The summed E-state index contributed by atoms with van der Waals surface area (Å²) in [6, 6.07) is 0.357. The molecule has 1 aliphatic rings. The van der Waals surface area contributed by atoms with Gasteiger partial charge in [0.1, 0.15) is 0 Å². The van der Waals surface area contributed by atoms with E-state index in [0.29, 0.717) is 11.8 Å². The molecule has 0 bridgehead atoms. The molecule has 0 aromatic carbocycles. The van der Waals surface area contributed by atoms with Crippen LogP contribution in [0.1, 0.15) is 65.7 Å². The van der Waals surface area contributed by atoms with Crippen LogP contribution in [-0.2, 0) is 4.79 Å². The number of carbonyl (C=O) groups is 1. The molecular formula is C16H28N4OS2. The smallest absolute Gasteiger partial charge is 0.230 e. The number of nitrogens with one attached hydrogen (secondary N) is 2. The second kappa shape index (κ2) is 8.87. The van der Waals surface area contributed by atoms with Crippen LogP contribution in [0.5, 0.6) is 0 Å². The molecule has 0 aliphatic heterocycles. The Kier molecular flexibility index (Phi) is 7.14. The van der Waals surface area contributed by atoms with E-state index >= 15 is 0 Å². The van der Waals surface area contributed by atoms with Gasteiger partial charge in [0.05, 0.1) is 5.75 Å². The van der Waals surface area contributed by atoms with Gasteiger partial charge >= 0.3 is 0 Å². The third-order valence-corrected chi connectivity index (χ3v) is 5.66. The highest BCUT2D eigenvalue weighted by atomic mass is 32.2. The van der Waals surface area contributed by atoms with Gasteiger partial charge in [-0.1, -0.05) is 55.2 Å². The average Bonchev–Trinajstić information content (AvgIpc) is 2.85. The molecule has 2 N–H and O–H groups in total. The Bertz CT molecular complexity index is 491. The zero-order valence-electron chi connectivity index (χ0n) is 14.4. The SMILES string of the molecule is CC(C)(C)Nc1nnc(SCC(=O)NC2CCCCCCC2)s1. The predicted octanol–water partition coefficient (Wildman–Crippen LogP) is 4.07. The lowest BCUT2D eigenvalue weighted by atomic mass is 9.97. The van der Waals surface area contributed by atoms with Crippen molar-refractivity contribution in [2.24, 2.45) is 0 Å². The Balaban J connectivity index is 1.73. The van der Waals surface area contributed by atoms with Gasteiger partial charge in [-0.25, -0.2) is 0 Å². The van der Waals surface area contributed by atoms with Crippen LogP contribution >= 0.6 is 23.1 Å². The number of nitrogens with zero attached hydrogens (tertiary/aromatic N) is 2. The highest BCUT2D eigenvalue weighted by Crippen LogP contribution is 2.27. The number of thioether (sulfide) groups is 1. The highest BCUT2D eigenvalue weighted by Gasteiger charge is 2.16. The second-order valence-corrected chi connectivity index (χ2v) is 9.35. The summed E-state index contributed by atoms with van der Waals surface area (Å²) in [5, 5.41) is 15.5. The van der Waals surface area contributed by atoms with E-state index < -0.39 is 0 Å². The summed E-state index contributed by atoms with van der Waals surface area (Å²) in [5.41, 5.74) is -0.0307. The zero-order chi connectivity index (χ0) is 16.7. The van der Waals surface area contributed by atoms with Crippen LogP contribution in [-0.4, -0.2) is 33.4 Å². The summed E-state index contributed by atoms with van der Waals surface area (Å²) < 4.78 is 0.838. The maximum absolute atomic E-state index is 12.1. The van der Waals surface area contributed by atoms with E-state index in [4.69, 9.17) is 0 Å². The van der Waals surface area contributed by atoms with Crippen molar-refractivity contribution < 1.29 is 4.79 Å². The highest BCUT2D eigenvalue weighted by molar-refractivity contribution is 8.01. The molecule has 0 spiro atoms. The van der Waals surface area contributed by atoms with Crippen LogP contribution in [0.25, 0.3) is 0 Å². The maximum Gasteiger partial charge on any atom is 0.230 e. The first kappa shape index (κ1) is 18.5. The fourth-order valence-corrected chi connectivity index (χ4v) is 4.41. The number of carbonyl (C=O) groups excluding carboxylic acids is 1. The maximum atomic E-state index is 12.1. The zero-order valence-corrected chi connectivity index (χ0v) is 16.0. The summed E-state index contributed by atoms with van der Waals surface area (Å²) in [6.45, 7) is 6.26. The van der Waals surface area contributed by atoms with Gasteiger partial charge in [-0.05, 0) is 33.6 Å². The first-order valence-electron chi connectivity index (χ1n) is 8.46. The summed E-state index contributed by atoms with van der Waals surface area (Å²) in [6.07, 6.45) is 8.65. The van der Waals surface area contributed by atoms with Crippen molar-refractivity contribution in [3.8, 4) is 0 Å². The minimum Gasteiger partial charge on any atom is -0.355 e. The third kappa shape index (κ3) is 7.52. The molecule has 2 rings (SSSR count). The molecule has 5 nitrogen and oxygen atoms in total. The van der Waals surface area contributed by atoms with Gasteiger partial charge in [0.25, 0.3) is 0 Å². The number of rotatable bonds is 5. The lowest BCUT2D eigenvalue weighted by Gasteiger charge is -2.20. The van der Waals surface area contributed by atoms with E-state index in [9.17, 15) is 4.79 Å². The van der Waals surface area contributed by atoms with Gasteiger partial charge in [-0.3, -0.25) is 4.79 Å². The molecule has 7 heteroatoms. The average molecular weight is 357 g/mol. The summed E-state index contributed by atoms with van der Waals surface area (Å²) in [5.74, 6) is 0.529. The molecule has 1 heterocycles. The molecule has 1 saturated carbocycles. The molecular weight excluding hydrogens is 328 g/mol. The van der Waals surface area contributed by atoms with Crippen molar-refractivity contribution in [1.29, 1.82) is 0 Å². The second-order valence-electron chi connectivity index (χ2n) is 7.15. The van der Waals surface area contributed by atoms with E-state index in [2.05, 4.69) is 41.6 Å². The van der Waals surface area contributed by atoms with Crippen molar-refractivity contribution >= 4 is 34.1 Å². The number of amides is 1. The van der Waals surface area contributed by atoms with Crippen LogP contribution in [0.4, 0.5) is 5.13 Å². The standard InChI is InChI=1S/C16H28N4OS2/c1-16(2,3)18-14-19-20-15(23-14)22-11-13(21)17-12-9-7-5-4-6-8-10-12/h12H,4-11H2,1-3H3,(H,17,21)(H,18,19). The summed E-state index contributed by atoms with van der Waals surface area (Å²) in [4.78, 5) is 12.1. The monoisotopic (exact) mass is 356 g/mol. The number of anilines is 1. The molecule has 1 aliphatic carbocycles. The minimum absolute atomic E-state index is 0.0307. The topological polar surface area (TPSA) is 66.9 Å². The quantitative estimate of drug-likeness (QED) is 0.779. The molecule has 1 aromatic rings. The van der Waals surface area contributed by atoms with Gasteiger partial charge in [0, 0.05) is 11.6 Å². The van der Waals surface area contributed by atoms with E-state index in [1.807, 2.05) is 0 Å². The Morgan fingerprint density at radius 3 is 2.48 bits per heavy atom. The first-order valence-corrected chi connectivity index (χ1v) is 10.3. The van der Waals surface area contributed by atoms with Crippen LogP contribution in [0.2, 0.25) is 0 Å². The van der Waals surface area contributed by atoms with Crippen LogP contribution in [0, 0.1) is 0 Å². The number of hydrogen-bond donors (Lipinski definition) is 2.